The van der Waals surface area contributed by atoms with Gasteiger partial charge in [0.1, 0.15) is 5.75 Å². The summed E-state index contributed by atoms with van der Waals surface area (Å²) in [6.07, 6.45) is 1.00. The largest absolute Gasteiger partial charge is 0.497 e. The number of methoxy groups -OCH3 is 1. The number of nitrogens with one attached hydrogen (secondary N) is 2. The van der Waals surface area contributed by atoms with Gasteiger partial charge < -0.3 is 14.8 Å². The van der Waals surface area contributed by atoms with E-state index in [1.807, 2.05) is 18.2 Å². The van der Waals surface area contributed by atoms with E-state index in [2.05, 4.69) is 15.6 Å². The zero-order valence-corrected chi connectivity index (χ0v) is 12.5. The normalized spacial score (nSPS) is 17.9. The van der Waals surface area contributed by atoms with Gasteiger partial charge in [-0.2, -0.15) is 0 Å². The summed E-state index contributed by atoms with van der Waals surface area (Å²) in [5, 5.41) is 6.20. The molecule has 1 aromatic carbocycles. The van der Waals surface area contributed by atoms with Gasteiger partial charge in [0, 0.05) is 19.1 Å². The molecule has 2 amide bonds. The number of nitrogens with zero attached hydrogens (tertiary/aromatic N) is 1. The molecule has 7 heteroatoms. The molecular weight excluding hydrogens is 290 g/mol. The van der Waals surface area contributed by atoms with Gasteiger partial charge in [0.05, 0.1) is 23.9 Å². The Morgan fingerprint density at radius 3 is 3.24 bits per heavy atom. The summed E-state index contributed by atoms with van der Waals surface area (Å²) in [5.41, 5.74) is 0.847. The van der Waals surface area contributed by atoms with Crippen molar-refractivity contribution < 1.29 is 14.3 Å². The molecule has 6 nitrogen and oxygen atoms in total. The van der Waals surface area contributed by atoms with E-state index in [1.165, 1.54) is 11.3 Å². The van der Waals surface area contributed by atoms with Gasteiger partial charge in [0.2, 0.25) is 0 Å². The number of fused-ring (bicyclic) bond motifs is 1. The van der Waals surface area contributed by atoms with Gasteiger partial charge in [0.15, 0.2) is 5.13 Å². The minimum Gasteiger partial charge on any atom is -0.497 e. The highest BCUT2D eigenvalue weighted by molar-refractivity contribution is 7.22. The van der Waals surface area contributed by atoms with Gasteiger partial charge in [-0.25, -0.2) is 9.78 Å². The predicted octanol–water partition coefficient (Wildman–Crippen LogP) is 2.46. The summed E-state index contributed by atoms with van der Waals surface area (Å²) < 4.78 is 11.4. The van der Waals surface area contributed by atoms with Crippen LogP contribution >= 0.6 is 11.3 Å². The molecule has 0 saturated carbocycles. The van der Waals surface area contributed by atoms with E-state index in [0.29, 0.717) is 17.6 Å². The molecule has 21 heavy (non-hydrogen) atoms. The van der Waals surface area contributed by atoms with E-state index in [1.54, 1.807) is 7.11 Å². The fraction of sp³-hybridized carbons (Fsp3) is 0.429. The second-order valence-corrected chi connectivity index (χ2v) is 5.95. The summed E-state index contributed by atoms with van der Waals surface area (Å²) in [7, 11) is 1.63. The molecule has 1 aliphatic heterocycles. The van der Waals surface area contributed by atoms with Gasteiger partial charge in [-0.3, -0.25) is 5.32 Å². The van der Waals surface area contributed by atoms with Crippen molar-refractivity contribution in [2.45, 2.75) is 6.42 Å². The zero-order chi connectivity index (χ0) is 14.7. The number of hydrogen-bond donors (Lipinski definition) is 2. The van der Waals surface area contributed by atoms with Crippen LogP contribution in [-0.4, -0.2) is 37.9 Å². The van der Waals surface area contributed by atoms with Crippen LogP contribution in [0.25, 0.3) is 10.2 Å². The number of hydrogen-bond acceptors (Lipinski definition) is 5. The molecule has 0 radical (unpaired) electrons. The van der Waals surface area contributed by atoms with E-state index in [-0.39, 0.29) is 6.03 Å². The monoisotopic (exact) mass is 307 g/mol. The molecular formula is C14H17N3O3S. The van der Waals surface area contributed by atoms with Crippen LogP contribution in [0.3, 0.4) is 0 Å². The Kier molecular flexibility index (Phi) is 4.21. The fourth-order valence-electron chi connectivity index (χ4n) is 2.21. The second kappa shape index (κ2) is 6.28. The van der Waals surface area contributed by atoms with E-state index in [9.17, 15) is 4.79 Å². The quantitative estimate of drug-likeness (QED) is 0.910. The lowest BCUT2D eigenvalue weighted by Crippen LogP contribution is -2.33. The first kappa shape index (κ1) is 14.1. The molecule has 1 aliphatic rings. The van der Waals surface area contributed by atoms with Crippen LogP contribution in [0.2, 0.25) is 0 Å². The average molecular weight is 307 g/mol. The van der Waals surface area contributed by atoms with Crippen LogP contribution in [0.15, 0.2) is 18.2 Å². The molecule has 1 atom stereocenters. The molecule has 0 aliphatic carbocycles. The summed E-state index contributed by atoms with van der Waals surface area (Å²) >= 11 is 1.43. The Morgan fingerprint density at radius 1 is 1.57 bits per heavy atom. The lowest BCUT2D eigenvalue weighted by Gasteiger charge is -2.09. The van der Waals surface area contributed by atoms with Crippen molar-refractivity contribution in [3.05, 3.63) is 18.2 Å². The summed E-state index contributed by atoms with van der Waals surface area (Å²) in [6.45, 7) is 2.14. The maximum Gasteiger partial charge on any atom is 0.321 e. The van der Waals surface area contributed by atoms with Crippen LogP contribution in [0, 0.1) is 5.92 Å². The number of anilines is 1. The van der Waals surface area contributed by atoms with E-state index < -0.39 is 0 Å². The Bertz CT molecular complexity index is 637. The van der Waals surface area contributed by atoms with E-state index >= 15 is 0 Å². The van der Waals surface area contributed by atoms with Gasteiger partial charge in [-0.05, 0) is 24.6 Å². The summed E-state index contributed by atoms with van der Waals surface area (Å²) in [6, 6.07) is 5.41. The molecule has 112 valence electrons. The van der Waals surface area contributed by atoms with Crippen molar-refractivity contribution in [3.8, 4) is 5.75 Å². The van der Waals surface area contributed by atoms with Crippen LogP contribution in [-0.2, 0) is 4.74 Å². The van der Waals surface area contributed by atoms with E-state index in [0.717, 1.165) is 35.6 Å². The Morgan fingerprint density at radius 2 is 2.48 bits per heavy atom. The zero-order valence-electron chi connectivity index (χ0n) is 11.7. The number of benzene rings is 1. The standard InChI is InChI=1S/C14H17N3O3S/c1-19-10-2-3-11-12(6-10)21-14(16-11)17-13(18)15-7-9-4-5-20-8-9/h2-3,6,9H,4-5,7-8H2,1H3,(H2,15,16,17,18). The van der Waals surface area contributed by atoms with Crippen LogP contribution in [0.5, 0.6) is 5.75 Å². The molecule has 2 heterocycles. The summed E-state index contributed by atoms with van der Waals surface area (Å²) in [4.78, 5) is 16.2. The number of ether oxygens (including phenoxy) is 2. The molecule has 0 spiro atoms. The average Bonchev–Trinajstić information content (AvgIpc) is 3.13. The molecule has 1 unspecified atom stereocenters. The van der Waals surface area contributed by atoms with Gasteiger partial charge in [0.25, 0.3) is 0 Å². The Labute approximate surface area is 126 Å². The number of urea groups is 1. The maximum absolute atomic E-state index is 11.8. The van der Waals surface area contributed by atoms with Crippen LogP contribution < -0.4 is 15.4 Å². The predicted molar refractivity (Wildman–Crippen MR) is 82.1 cm³/mol. The van der Waals surface area contributed by atoms with Crippen molar-refractivity contribution in [1.29, 1.82) is 0 Å². The highest BCUT2D eigenvalue weighted by Gasteiger charge is 2.16. The minimum absolute atomic E-state index is 0.229. The molecule has 1 saturated heterocycles. The van der Waals surface area contributed by atoms with Gasteiger partial charge in [-0.1, -0.05) is 11.3 Å². The van der Waals surface area contributed by atoms with E-state index in [4.69, 9.17) is 9.47 Å². The smallest absolute Gasteiger partial charge is 0.321 e. The fourth-order valence-corrected chi connectivity index (χ4v) is 3.10. The Hall–Kier alpha value is -1.86. The number of rotatable bonds is 4. The van der Waals surface area contributed by atoms with Crippen molar-refractivity contribution >= 4 is 32.7 Å². The van der Waals surface area contributed by atoms with Crippen LogP contribution in [0.4, 0.5) is 9.93 Å². The number of aromatic nitrogens is 1. The van der Waals surface area contributed by atoms with Gasteiger partial charge >= 0.3 is 6.03 Å². The summed E-state index contributed by atoms with van der Waals surface area (Å²) in [5.74, 6) is 1.19. The molecule has 1 aromatic heterocycles. The van der Waals surface area contributed by atoms with Crippen molar-refractivity contribution in [3.63, 3.8) is 0 Å². The van der Waals surface area contributed by atoms with Crippen molar-refractivity contribution in [2.24, 2.45) is 5.92 Å². The van der Waals surface area contributed by atoms with Gasteiger partial charge in [-0.15, -0.1) is 0 Å². The number of amides is 2. The molecule has 2 aromatic rings. The van der Waals surface area contributed by atoms with Crippen LogP contribution in [0.1, 0.15) is 6.42 Å². The highest BCUT2D eigenvalue weighted by atomic mass is 32.1. The molecule has 1 fully saturated rings. The lowest BCUT2D eigenvalue weighted by molar-refractivity contribution is 0.185. The first-order chi connectivity index (χ1) is 10.2. The van der Waals surface area contributed by atoms with Crippen molar-refractivity contribution in [2.75, 3.05) is 32.2 Å². The minimum atomic E-state index is -0.229. The first-order valence-electron chi connectivity index (χ1n) is 6.82. The second-order valence-electron chi connectivity index (χ2n) is 4.92. The Balaban J connectivity index is 1.59. The number of carbonyl (C=O) groups excluding carboxylic acids is 1. The highest BCUT2D eigenvalue weighted by Crippen LogP contribution is 2.29. The molecule has 3 rings (SSSR count). The third-order valence-electron chi connectivity index (χ3n) is 3.39. The first-order valence-corrected chi connectivity index (χ1v) is 7.63. The lowest BCUT2D eigenvalue weighted by atomic mass is 10.1. The third kappa shape index (κ3) is 3.43. The van der Waals surface area contributed by atoms with Crippen molar-refractivity contribution in [1.82, 2.24) is 10.3 Å². The number of thiazole rings is 1. The SMILES string of the molecule is COc1ccc2nc(NC(=O)NCC3CCOC3)sc2c1. The topological polar surface area (TPSA) is 72.5 Å². The third-order valence-corrected chi connectivity index (χ3v) is 4.32. The molecule has 0 bridgehead atoms. The number of carbonyl (C=O) groups is 1. The maximum atomic E-state index is 11.8. The molecule has 2 N–H and O–H groups in total.